The van der Waals surface area contributed by atoms with Crippen LogP contribution in [0.5, 0.6) is 0 Å². The van der Waals surface area contributed by atoms with Gasteiger partial charge in [0.15, 0.2) is 0 Å². The van der Waals surface area contributed by atoms with Crippen LogP contribution in [0.4, 0.5) is 0 Å². The van der Waals surface area contributed by atoms with E-state index in [2.05, 4.69) is 4.74 Å². The minimum absolute atomic E-state index is 0.112. The largest absolute Gasteiger partial charge is 0.468 e. The standard InChI is InChI=1S/C16H17ClN2O4S/c1-11-10-24-16(22)19(11)8-14(20)18(9-15(21)23-2)7-12-3-5-13(17)6-4-12/h3-6,10H,7-9H2,1-2H3. The number of thiazole rings is 1. The first-order valence-electron chi connectivity index (χ1n) is 7.14. The summed E-state index contributed by atoms with van der Waals surface area (Å²) in [5, 5.41) is 2.28. The minimum atomic E-state index is -0.522. The number of halogens is 1. The van der Waals surface area contributed by atoms with E-state index >= 15 is 0 Å². The van der Waals surface area contributed by atoms with Gasteiger partial charge in [-0.2, -0.15) is 0 Å². The highest BCUT2D eigenvalue weighted by atomic mass is 35.5. The number of amides is 1. The van der Waals surface area contributed by atoms with Crippen LogP contribution in [0.3, 0.4) is 0 Å². The number of aromatic nitrogens is 1. The molecular formula is C16H17ClN2O4S. The SMILES string of the molecule is COC(=O)CN(Cc1ccc(Cl)cc1)C(=O)Cn1c(C)csc1=O. The predicted octanol–water partition coefficient (Wildman–Crippen LogP) is 2.07. The molecule has 1 aromatic carbocycles. The normalized spacial score (nSPS) is 10.5. The first-order valence-corrected chi connectivity index (χ1v) is 8.40. The van der Waals surface area contributed by atoms with Crippen molar-refractivity contribution in [1.29, 1.82) is 0 Å². The van der Waals surface area contributed by atoms with Crippen LogP contribution in [0.2, 0.25) is 5.02 Å². The average Bonchev–Trinajstić information content (AvgIpc) is 2.87. The summed E-state index contributed by atoms with van der Waals surface area (Å²) < 4.78 is 6.04. The van der Waals surface area contributed by atoms with Crippen LogP contribution in [-0.2, 0) is 27.4 Å². The number of carbonyl (C=O) groups excluding carboxylic acids is 2. The Labute approximate surface area is 148 Å². The number of hydrogen-bond donors (Lipinski definition) is 0. The Morgan fingerprint density at radius 1 is 1.29 bits per heavy atom. The van der Waals surface area contributed by atoms with Crippen molar-refractivity contribution in [1.82, 2.24) is 9.47 Å². The molecule has 2 rings (SSSR count). The van der Waals surface area contributed by atoms with Gasteiger partial charge in [-0.15, -0.1) is 0 Å². The summed E-state index contributed by atoms with van der Waals surface area (Å²) in [5.74, 6) is -0.856. The molecule has 128 valence electrons. The monoisotopic (exact) mass is 368 g/mol. The van der Waals surface area contributed by atoms with Gasteiger partial charge in [-0.1, -0.05) is 35.1 Å². The topological polar surface area (TPSA) is 68.6 Å². The van der Waals surface area contributed by atoms with Gasteiger partial charge in [0.25, 0.3) is 0 Å². The molecule has 1 aromatic heterocycles. The van der Waals surface area contributed by atoms with Gasteiger partial charge in [0.05, 0.1) is 7.11 Å². The van der Waals surface area contributed by atoms with Gasteiger partial charge in [-0.05, 0) is 24.6 Å². The van der Waals surface area contributed by atoms with Crippen molar-refractivity contribution in [3.05, 3.63) is 55.6 Å². The number of aryl methyl sites for hydroxylation is 1. The number of nitrogens with zero attached hydrogens (tertiary/aromatic N) is 2. The second-order valence-corrected chi connectivity index (χ2v) is 6.44. The molecule has 0 saturated heterocycles. The molecule has 1 amide bonds. The molecule has 6 nitrogen and oxygen atoms in total. The summed E-state index contributed by atoms with van der Waals surface area (Å²) in [6.07, 6.45) is 0. The van der Waals surface area contributed by atoms with Gasteiger partial charge < -0.3 is 9.64 Å². The van der Waals surface area contributed by atoms with Gasteiger partial charge >= 0.3 is 10.8 Å². The number of methoxy groups -OCH3 is 1. The molecule has 8 heteroatoms. The minimum Gasteiger partial charge on any atom is -0.468 e. The van der Waals surface area contributed by atoms with E-state index in [1.54, 1.807) is 36.6 Å². The maximum absolute atomic E-state index is 12.6. The molecular weight excluding hydrogens is 352 g/mol. The molecule has 0 fully saturated rings. The summed E-state index contributed by atoms with van der Waals surface area (Å²) in [6, 6.07) is 6.99. The second kappa shape index (κ2) is 8.12. The Morgan fingerprint density at radius 3 is 2.50 bits per heavy atom. The van der Waals surface area contributed by atoms with Crippen LogP contribution in [0.15, 0.2) is 34.4 Å². The van der Waals surface area contributed by atoms with Gasteiger partial charge in [-0.25, -0.2) is 0 Å². The molecule has 0 atom stereocenters. The van der Waals surface area contributed by atoms with Crippen LogP contribution < -0.4 is 4.87 Å². The van der Waals surface area contributed by atoms with E-state index in [1.807, 2.05) is 0 Å². The molecule has 0 saturated carbocycles. The predicted molar refractivity (Wildman–Crippen MR) is 92.2 cm³/mol. The van der Waals surface area contributed by atoms with Crippen molar-refractivity contribution in [2.75, 3.05) is 13.7 Å². The van der Waals surface area contributed by atoms with Gasteiger partial charge in [-0.3, -0.25) is 19.0 Å². The zero-order valence-electron chi connectivity index (χ0n) is 13.3. The fourth-order valence-corrected chi connectivity index (χ4v) is 2.95. The van der Waals surface area contributed by atoms with E-state index in [4.69, 9.17) is 11.6 Å². The number of ether oxygens (including phenoxy) is 1. The Bertz CT molecular complexity index is 782. The number of benzene rings is 1. The quantitative estimate of drug-likeness (QED) is 0.732. The Kier molecular flexibility index (Phi) is 6.16. The smallest absolute Gasteiger partial charge is 0.325 e. The number of carbonyl (C=O) groups is 2. The van der Waals surface area contributed by atoms with Crippen molar-refractivity contribution in [3.8, 4) is 0 Å². The highest BCUT2D eigenvalue weighted by Gasteiger charge is 2.20. The van der Waals surface area contributed by atoms with E-state index in [1.165, 1.54) is 16.6 Å². The van der Waals surface area contributed by atoms with E-state index in [-0.39, 0.29) is 30.4 Å². The molecule has 0 N–H and O–H groups in total. The van der Waals surface area contributed by atoms with Crippen LogP contribution in [0, 0.1) is 6.92 Å². The Balaban J connectivity index is 2.18. The third-order valence-corrected chi connectivity index (χ3v) is 4.59. The van der Waals surface area contributed by atoms with Crippen LogP contribution in [0.25, 0.3) is 0 Å². The lowest BCUT2D eigenvalue weighted by Crippen LogP contribution is -2.39. The summed E-state index contributed by atoms with van der Waals surface area (Å²) in [5.41, 5.74) is 1.54. The summed E-state index contributed by atoms with van der Waals surface area (Å²) in [7, 11) is 1.26. The molecule has 24 heavy (non-hydrogen) atoms. The number of esters is 1. The maximum Gasteiger partial charge on any atom is 0.325 e. The van der Waals surface area contributed by atoms with E-state index in [9.17, 15) is 14.4 Å². The zero-order valence-corrected chi connectivity index (χ0v) is 14.9. The molecule has 0 spiro atoms. The Hall–Kier alpha value is -2.12. The molecule has 0 unspecified atom stereocenters. The highest BCUT2D eigenvalue weighted by molar-refractivity contribution is 7.07. The zero-order chi connectivity index (χ0) is 17.7. The van der Waals surface area contributed by atoms with Crippen LogP contribution in [-0.4, -0.2) is 35.0 Å². The lowest BCUT2D eigenvalue weighted by Gasteiger charge is -2.22. The van der Waals surface area contributed by atoms with Gasteiger partial charge in [0.1, 0.15) is 13.1 Å². The van der Waals surface area contributed by atoms with E-state index in [0.29, 0.717) is 10.7 Å². The van der Waals surface area contributed by atoms with E-state index < -0.39 is 5.97 Å². The molecule has 0 aliphatic heterocycles. The maximum atomic E-state index is 12.6. The van der Waals surface area contributed by atoms with Gasteiger partial charge in [0.2, 0.25) is 5.91 Å². The fourth-order valence-electron chi connectivity index (χ4n) is 2.09. The van der Waals surface area contributed by atoms with Crippen molar-refractivity contribution in [2.45, 2.75) is 20.0 Å². The third-order valence-electron chi connectivity index (χ3n) is 3.46. The molecule has 0 bridgehead atoms. The number of rotatable bonds is 6. The average molecular weight is 369 g/mol. The lowest BCUT2D eigenvalue weighted by atomic mass is 10.2. The third kappa shape index (κ3) is 4.69. The molecule has 2 aromatic rings. The molecule has 1 heterocycles. The molecule has 0 aliphatic carbocycles. The first-order chi connectivity index (χ1) is 11.4. The second-order valence-electron chi connectivity index (χ2n) is 5.18. The van der Waals surface area contributed by atoms with Crippen molar-refractivity contribution in [3.63, 3.8) is 0 Å². The molecule has 0 radical (unpaired) electrons. The summed E-state index contributed by atoms with van der Waals surface area (Å²) in [4.78, 5) is 37.1. The summed E-state index contributed by atoms with van der Waals surface area (Å²) in [6.45, 7) is 1.69. The number of hydrogen-bond acceptors (Lipinski definition) is 5. The molecule has 0 aliphatic rings. The lowest BCUT2D eigenvalue weighted by molar-refractivity contribution is -0.147. The Morgan fingerprint density at radius 2 is 1.96 bits per heavy atom. The van der Waals surface area contributed by atoms with Crippen molar-refractivity contribution >= 4 is 34.8 Å². The van der Waals surface area contributed by atoms with Crippen LogP contribution in [0.1, 0.15) is 11.3 Å². The van der Waals surface area contributed by atoms with Crippen molar-refractivity contribution in [2.24, 2.45) is 0 Å². The fraction of sp³-hybridized carbons (Fsp3) is 0.312. The highest BCUT2D eigenvalue weighted by Crippen LogP contribution is 2.12. The van der Waals surface area contributed by atoms with Crippen molar-refractivity contribution < 1.29 is 14.3 Å². The summed E-state index contributed by atoms with van der Waals surface area (Å²) >= 11 is 6.89. The van der Waals surface area contributed by atoms with E-state index in [0.717, 1.165) is 16.9 Å². The first kappa shape index (κ1) is 18.2. The van der Waals surface area contributed by atoms with Crippen LogP contribution >= 0.6 is 22.9 Å². The van der Waals surface area contributed by atoms with Gasteiger partial charge in [0, 0.05) is 22.6 Å².